The second kappa shape index (κ2) is 8.02. The SMILES string of the molecule is CC[C@H]1CN(CC(=O)Nc2ccc(OC)c(Cl)c2)c2ccccc2S1. The summed E-state index contributed by atoms with van der Waals surface area (Å²) in [6, 6.07) is 13.5. The first-order valence-electron chi connectivity index (χ1n) is 8.24. The number of nitrogens with one attached hydrogen (secondary N) is 1. The minimum Gasteiger partial charge on any atom is -0.495 e. The Morgan fingerprint density at radius 3 is 2.88 bits per heavy atom. The Kier molecular flexibility index (Phi) is 5.76. The molecule has 1 aliphatic heterocycles. The highest BCUT2D eigenvalue weighted by atomic mass is 35.5. The number of ether oxygens (including phenoxy) is 1. The third kappa shape index (κ3) is 4.22. The molecule has 0 unspecified atom stereocenters. The number of thioether (sulfide) groups is 1. The number of anilines is 2. The Morgan fingerprint density at radius 1 is 1.36 bits per heavy atom. The van der Waals surface area contributed by atoms with Crippen LogP contribution in [0.5, 0.6) is 5.75 Å². The second-order valence-electron chi connectivity index (χ2n) is 5.89. The maximum absolute atomic E-state index is 12.5. The van der Waals surface area contributed by atoms with Crippen LogP contribution in [0.15, 0.2) is 47.4 Å². The maximum atomic E-state index is 12.5. The molecule has 3 rings (SSSR count). The van der Waals surface area contributed by atoms with Gasteiger partial charge in [-0.1, -0.05) is 30.7 Å². The molecule has 1 aliphatic rings. The number of amides is 1. The molecular formula is C19H21ClN2O2S. The largest absolute Gasteiger partial charge is 0.495 e. The van der Waals surface area contributed by atoms with Gasteiger partial charge in [-0.15, -0.1) is 11.8 Å². The molecule has 132 valence electrons. The lowest BCUT2D eigenvalue weighted by Gasteiger charge is -2.34. The van der Waals surface area contributed by atoms with Crippen LogP contribution in [0, 0.1) is 0 Å². The molecule has 0 aliphatic carbocycles. The van der Waals surface area contributed by atoms with Crippen LogP contribution in [0.25, 0.3) is 0 Å². The van der Waals surface area contributed by atoms with Crippen molar-refractivity contribution in [3.05, 3.63) is 47.5 Å². The number of nitrogens with zero attached hydrogens (tertiary/aromatic N) is 1. The number of hydrogen-bond acceptors (Lipinski definition) is 4. The van der Waals surface area contributed by atoms with E-state index in [1.807, 2.05) is 23.9 Å². The summed E-state index contributed by atoms with van der Waals surface area (Å²) < 4.78 is 5.13. The van der Waals surface area contributed by atoms with Crippen LogP contribution in [0.1, 0.15) is 13.3 Å². The minimum absolute atomic E-state index is 0.0576. The van der Waals surface area contributed by atoms with Crippen LogP contribution in [-0.2, 0) is 4.79 Å². The van der Waals surface area contributed by atoms with E-state index in [-0.39, 0.29) is 5.91 Å². The lowest BCUT2D eigenvalue weighted by molar-refractivity contribution is -0.115. The van der Waals surface area contributed by atoms with E-state index >= 15 is 0 Å². The molecule has 2 aromatic carbocycles. The van der Waals surface area contributed by atoms with Crippen molar-refractivity contribution in [2.24, 2.45) is 0 Å². The van der Waals surface area contributed by atoms with Gasteiger partial charge in [-0.3, -0.25) is 4.79 Å². The smallest absolute Gasteiger partial charge is 0.243 e. The van der Waals surface area contributed by atoms with Crippen molar-refractivity contribution in [3.8, 4) is 5.75 Å². The van der Waals surface area contributed by atoms with Gasteiger partial charge in [0.2, 0.25) is 5.91 Å². The average molecular weight is 377 g/mol. The van der Waals surface area contributed by atoms with Crippen LogP contribution in [0.2, 0.25) is 5.02 Å². The van der Waals surface area contributed by atoms with Crippen molar-refractivity contribution in [3.63, 3.8) is 0 Å². The van der Waals surface area contributed by atoms with Crippen molar-refractivity contribution >= 4 is 40.6 Å². The Hall–Kier alpha value is -1.85. The summed E-state index contributed by atoms with van der Waals surface area (Å²) in [7, 11) is 1.56. The minimum atomic E-state index is -0.0576. The molecular weight excluding hydrogens is 356 g/mol. The normalized spacial score (nSPS) is 16.3. The second-order valence-corrected chi connectivity index (χ2v) is 7.64. The van der Waals surface area contributed by atoms with E-state index in [1.165, 1.54) is 4.90 Å². The molecule has 1 heterocycles. The average Bonchev–Trinajstić information content (AvgIpc) is 2.61. The highest BCUT2D eigenvalue weighted by Crippen LogP contribution is 2.39. The molecule has 6 heteroatoms. The first-order valence-corrected chi connectivity index (χ1v) is 9.50. The molecule has 25 heavy (non-hydrogen) atoms. The summed E-state index contributed by atoms with van der Waals surface area (Å²) in [5.74, 6) is 0.533. The lowest BCUT2D eigenvalue weighted by Crippen LogP contribution is -2.40. The lowest BCUT2D eigenvalue weighted by atomic mass is 10.2. The van der Waals surface area contributed by atoms with Crippen LogP contribution >= 0.6 is 23.4 Å². The van der Waals surface area contributed by atoms with Gasteiger partial charge in [-0.05, 0) is 36.8 Å². The number of carbonyl (C=O) groups is 1. The fourth-order valence-corrected chi connectivity index (χ4v) is 4.37. The molecule has 1 atom stereocenters. The third-order valence-corrected chi connectivity index (χ3v) is 5.86. The summed E-state index contributed by atoms with van der Waals surface area (Å²) in [5.41, 5.74) is 1.79. The van der Waals surface area contributed by atoms with Gasteiger partial charge >= 0.3 is 0 Å². The molecule has 0 aromatic heterocycles. The number of hydrogen-bond donors (Lipinski definition) is 1. The number of fused-ring (bicyclic) bond motifs is 1. The van der Waals surface area contributed by atoms with Gasteiger partial charge in [0, 0.05) is 22.4 Å². The van der Waals surface area contributed by atoms with Crippen LogP contribution < -0.4 is 15.0 Å². The molecule has 0 radical (unpaired) electrons. The zero-order valence-electron chi connectivity index (χ0n) is 14.3. The first kappa shape index (κ1) is 18.0. The summed E-state index contributed by atoms with van der Waals surface area (Å²) in [6.45, 7) is 3.37. The summed E-state index contributed by atoms with van der Waals surface area (Å²) in [4.78, 5) is 15.9. The van der Waals surface area contributed by atoms with Gasteiger partial charge in [-0.25, -0.2) is 0 Å². The molecule has 0 saturated heterocycles. The van der Waals surface area contributed by atoms with E-state index < -0.39 is 0 Å². The number of halogens is 1. The number of benzene rings is 2. The van der Waals surface area contributed by atoms with E-state index in [0.29, 0.717) is 28.3 Å². The molecule has 0 saturated carbocycles. The van der Waals surface area contributed by atoms with E-state index in [4.69, 9.17) is 16.3 Å². The van der Waals surface area contributed by atoms with E-state index in [2.05, 4.69) is 29.3 Å². The molecule has 4 nitrogen and oxygen atoms in total. The fourth-order valence-electron chi connectivity index (χ4n) is 2.86. The number of para-hydroxylation sites is 1. The van der Waals surface area contributed by atoms with Gasteiger partial charge in [0.25, 0.3) is 0 Å². The standard InChI is InChI=1S/C19H21ClN2O2S/c1-3-14-11-22(16-6-4-5-7-18(16)25-14)12-19(23)21-13-8-9-17(24-2)15(20)10-13/h4-10,14H,3,11-12H2,1-2H3,(H,21,23)/t14-/m0/s1. The van der Waals surface area contributed by atoms with Crippen molar-refractivity contribution in [2.45, 2.75) is 23.5 Å². The monoisotopic (exact) mass is 376 g/mol. The van der Waals surface area contributed by atoms with Crippen molar-refractivity contribution < 1.29 is 9.53 Å². The molecule has 1 amide bonds. The third-order valence-electron chi connectivity index (χ3n) is 4.15. The molecule has 0 bridgehead atoms. The van der Waals surface area contributed by atoms with E-state index in [1.54, 1.807) is 25.3 Å². The zero-order valence-corrected chi connectivity index (χ0v) is 15.9. The maximum Gasteiger partial charge on any atom is 0.243 e. The van der Waals surface area contributed by atoms with Crippen molar-refractivity contribution in [2.75, 3.05) is 30.4 Å². The van der Waals surface area contributed by atoms with Gasteiger partial charge in [-0.2, -0.15) is 0 Å². The van der Waals surface area contributed by atoms with Gasteiger partial charge in [0.1, 0.15) is 5.75 Å². The number of methoxy groups -OCH3 is 1. The predicted molar refractivity (Wildman–Crippen MR) is 105 cm³/mol. The molecule has 0 spiro atoms. The Labute approximate surface area is 157 Å². The van der Waals surface area contributed by atoms with E-state index in [9.17, 15) is 4.79 Å². The molecule has 2 aromatic rings. The Bertz CT molecular complexity index is 769. The summed E-state index contributed by atoms with van der Waals surface area (Å²) >= 11 is 8.01. The Morgan fingerprint density at radius 2 is 2.16 bits per heavy atom. The van der Waals surface area contributed by atoms with Crippen LogP contribution in [0.4, 0.5) is 11.4 Å². The highest BCUT2D eigenvalue weighted by molar-refractivity contribution is 8.00. The van der Waals surface area contributed by atoms with Crippen molar-refractivity contribution in [1.29, 1.82) is 0 Å². The van der Waals surface area contributed by atoms with Crippen molar-refractivity contribution in [1.82, 2.24) is 0 Å². The zero-order chi connectivity index (χ0) is 17.8. The Balaban J connectivity index is 1.71. The molecule has 1 N–H and O–H groups in total. The highest BCUT2D eigenvalue weighted by Gasteiger charge is 2.25. The number of carbonyl (C=O) groups excluding carboxylic acids is 1. The topological polar surface area (TPSA) is 41.6 Å². The first-order chi connectivity index (χ1) is 12.1. The van der Waals surface area contributed by atoms with Gasteiger partial charge in [0.15, 0.2) is 0 Å². The predicted octanol–water partition coefficient (Wildman–Crippen LogP) is 4.68. The van der Waals surface area contributed by atoms with Crippen LogP contribution in [-0.4, -0.2) is 31.4 Å². The quantitative estimate of drug-likeness (QED) is 0.822. The summed E-state index contributed by atoms with van der Waals surface area (Å²) in [6.07, 6.45) is 1.07. The number of rotatable bonds is 5. The fraction of sp³-hybridized carbons (Fsp3) is 0.316. The molecule has 0 fully saturated rings. The van der Waals surface area contributed by atoms with Gasteiger partial charge in [0.05, 0.1) is 24.4 Å². The van der Waals surface area contributed by atoms with Crippen LogP contribution in [0.3, 0.4) is 0 Å². The summed E-state index contributed by atoms with van der Waals surface area (Å²) in [5, 5.41) is 3.89. The van der Waals surface area contributed by atoms with Gasteiger partial charge < -0.3 is 15.0 Å². The van der Waals surface area contributed by atoms with E-state index in [0.717, 1.165) is 18.7 Å².